The summed E-state index contributed by atoms with van der Waals surface area (Å²) in [4.78, 5) is 56.0. The lowest BCUT2D eigenvalue weighted by Gasteiger charge is -2.48. The van der Waals surface area contributed by atoms with Gasteiger partial charge in [-0.05, 0) is 36.6 Å². The summed E-state index contributed by atoms with van der Waals surface area (Å²) < 4.78 is 5.55. The number of carbonyl (C=O) groups excluding carboxylic acids is 4. The van der Waals surface area contributed by atoms with E-state index in [1.54, 1.807) is 30.3 Å². The number of ether oxygens (including phenoxy) is 1. The molecular formula is C29H25N3O5. The van der Waals surface area contributed by atoms with Gasteiger partial charge in [0.1, 0.15) is 0 Å². The van der Waals surface area contributed by atoms with Gasteiger partial charge < -0.3 is 15.0 Å². The van der Waals surface area contributed by atoms with Crippen molar-refractivity contribution in [2.75, 3.05) is 16.8 Å². The number of anilines is 2. The Morgan fingerprint density at radius 3 is 2.32 bits per heavy atom. The predicted molar refractivity (Wildman–Crippen MR) is 137 cm³/mol. The molecule has 3 aromatic carbocycles. The molecule has 8 heteroatoms. The van der Waals surface area contributed by atoms with Crippen molar-refractivity contribution in [3.63, 3.8) is 0 Å². The van der Waals surface area contributed by atoms with Gasteiger partial charge in [0.2, 0.25) is 11.6 Å². The van der Waals surface area contributed by atoms with Crippen molar-refractivity contribution in [3.8, 4) is 11.1 Å². The van der Waals surface area contributed by atoms with Crippen molar-refractivity contribution in [1.82, 2.24) is 4.90 Å². The summed E-state index contributed by atoms with van der Waals surface area (Å²) in [5, 5.41) is 2.83. The van der Waals surface area contributed by atoms with Crippen molar-refractivity contribution >= 4 is 35.1 Å². The number of rotatable bonds is 6. The zero-order valence-corrected chi connectivity index (χ0v) is 20.1. The van der Waals surface area contributed by atoms with Crippen LogP contribution in [0.15, 0.2) is 78.9 Å². The van der Waals surface area contributed by atoms with E-state index in [4.69, 9.17) is 4.74 Å². The van der Waals surface area contributed by atoms with E-state index < -0.39 is 24.1 Å². The lowest BCUT2D eigenvalue weighted by atomic mass is 9.96. The van der Waals surface area contributed by atoms with E-state index in [2.05, 4.69) is 5.32 Å². The zero-order chi connectivity index (χ0) is 25.6. The number of fused-ring (bicyclic) bond motifs is 3. The van der Waals surface area contributed by atoms with Crippen LogP contribution < -0.4 is 10.2 Å². The molecule has 2 aliphatic heterocycles. The molecule has 0 radical (unpaired) electrons. The fourth-order valence-electron chi connectivity index (χ4n) is 5.41. The molecule has 1 aliphatic carbocycles. The lowest BCUT2D eigenvalue weighted by molar-refractivity contribution is -0.159. The van der Waals surface area contributed by atoms with E-state index in [1.807, 2.05) is 48.5 Å². The SMILES string of the molecule is O=C(COC(=O)C12CCC(=O)N1c1ccccc1C(=O)N2C1CC1)Nc1ccccc1-c1ccccc1. The minimum Gasteiger partial charge on any atom is -0.452 e. The number of para-hydroxylation sites is 2. The van der Waals surface area contributed by atoms with Crippen molar-refractivity contribution < 1.29 is 23.9 Å². The van der Waals surface area contributed by atoms with Crippen molar-refractivity contribution in [1.29, 1.82) is 0 Å². The van der Waals surface area contributed by atoms with Gasteiger partial charge in [0.25, 0.3) is 11.8 Å². The standard InChI is InChI=1S/C29H25N3O5/c33-25(30-23-12-6-4-10-21(23)19-8-2-1-3-9-19)18-37-28(36)29-17-16-26(34)32(29)24-13-7-5-11-22(24)27(35)31(29)20-14-15-20/h1-13,20H,14-18H2,(H,30,33). The van der Waals surface area contributed by atoms with Gasteiger partial charge in [-0.2, -0.15) is 0 Å². The van der Waals surface area contributed by atoms with Crippen LogP contribution in [-0.2, 0) is 19.1 Å². The average molecular weight is 496 g/mol. The number of nitrogens with one attached hydrogen (secondary N) is 1. The third-order valence-electron chi connectivity index (χ3n) is 7.16. The van der Waals surface area contributed by atoms with Crippen LogP contribution >= 0.6 is 0 Å². The first-order valence-electron chi connectivity index (χ1n) is 12.4. The highest BCUT2D eigenvalue weighted by Crippen LogP contribution is 2.49. The molecule has 1 saturated carbocycles. The van der Waals surface area contributed by atoms with Gasteiger partial charge >= 0.3 is 5.97 Å². The second-order valence-corrected chi connectivity index (χ2v) is 9.51. The highest BCUT2D eigenvalue weighted by molar-refractivity contribution is 6.16. The van der Waals surface area contributed by atoms with E-state index in [0.29, 0.717) is 16.9 Å². The molecule has 0 bridgehead atoms. The summed E-state index contributed by atoms with van der Waals surface area (Å²) in [6.45, 7) is -0.542. The molecule has 1 saturated heterocycles. The Morgan fingerprint density at radius 1 is 0.892 bits per heavy atom. The number of benzene rings is 3. The fraction of sp³-hybridized carbons (Fsp3) is 0.241. The third kappa shape index (κ3) is 3.76. The van der Waals surface area contributed by atoms with Crippen LogP contribution in [0.5, 0.6) is 0 Å². The normalized spacial score (nSPS) is 20.3. The summed E-state index contributed by atoms with van der Waals surface area (Å²) >= 11 is 0. The molecule has 3 aromatic rings. The first-order chi connectivity index (χ1) is 18.0. The number of nitrogens with zero attached hydrogens (tertiary/aromatic N) is 2. The molecule has 0 aromatic heterocycles. The fourth-order valence-corrected chi connectivity index (χ4v) is 5.41. The number of hydrogen-bond donors (Lipinski definition) is 1. The smallest absolute Gasteiger partial charge is 0.354 e. The second-order valence-electron chi connectivity index (χ2n) is 9.51. The molecule has 186 valence electrons. The largest absolute Gasteiger partial charge is 0.452 e. The molecule has 1 N–H and O–H groups in total. The topological polar surface area (TPSA) is 96.0 Å². The maximum absolute atomic E-state index is 13.7. The summed E-state index contributed by atoms with van der Waals surface area (Å²) in [7, 11) is 0. The molecular weight excluding hydrogens is 470 g/mol. The van der Waals surface area contributed by atoms with Crippen LogP contribution in [-0.4, -0.2) is 46.9 Å². The second kappa shape index (κ2) is 8.89. The van der Waals surface area contributed by atoms with E-state index in [9.17, 15) is 19.2 Å². The van der Waals surface area contributed by atoms with E-state index in [-0.39, 0.29) is 30.7 Å². The Kier molecular flexibility index (Phi) is 5.52. The van der Waals surface area contributed by atoms with Gasteiger partial charge in [-0.15, -0.1) is 0 Å². The van der Waals surface area contributed by atoms with E-state index in [1.165, 1.54) is 9.80 Å². The maximum atomic E-state index is 13.7. The van der Waals surface area contributed by atoms with Gasteiger partial charge in [0, 0.05) is 30.1 Å². The van der Waals surface area contributed by atoms with Crippen LogP contribution in [0.25, 0.3) is 11.1 Å². The Labute approximate surface area is 213 Å². The highest BCUT2D eigenvalue weighted by Gasteiger charge is 2.64. The molecule has 1 atom stereocenters. The maximum Gasteiger partial charge on any atom is 0.354 e. The predicted octanol–water partition coefficient (Wildman–Crippen LogP) is 3.98. The van der Waals surface area contributed by atoms with Crippen LogP contribution in [0.1, 0.15) is 36.0 Å². The molecule has 2 heterocycles. The average Bonchev–Trinajstić information content (AvgIpc) is 3.70. The highest BCUT2D eigenvalue weighted by atomic mass is 16.5. The number of hydrogen-bond acceptors (Lipinski definition) is 5. The summed E-state index contributed by atoms with van der Waals surface area (Å²) in [6.07, 6.45) is 1.74. The van der Waals surface area contributed by atoms with Gasteiger partial charge in [0.15, 0.2) is 6.61 Å². The van der Waals surface area contributed by atoms with E-state index in [0.717, 1.165) is 24.0 Å². The molecule has 2 fully saturated rings. The van der Waals surface area contributed by atoms with Gasteiger partial charge in [0.05, 0.1) is 11.3 Å². The van der Waals surface area contributed by atoms with Gasteiger partial charge in [-0.25, -0.2) is 4.79 Å². The molecule has 0 spiro atoms. The number of carbonyl (C=O) groups is 4. The minimum absolute atomic E-state index is 0.108. The van der Waals surface area contributed by atoms with Crippen molar-refractivity contribution in [3.05, 3.63) is 84.4 Å². The van der Waals surface area contributed by atoms with Crippen LogP contribution in [0.4, 0.5) is 11.4 Å². The molecule has 3 amide bonds. The third-order valence-corrected chi connectivity index (χ3v) is 7.16. The molecule has 3 aliphatic rings. The van der Waals surface area contributed by atoms with Gasteiger partial charge in [-0.1, -0.05) is 60.7 Å². The Bertz CT molecular complexity index is 1420. The zero-order valence-electron chi connectivity index (χ0n) is 20.1. The first-order valence-corrected chi connectivity index (χ1v) is 12.4. The molecule has 1 unspecified atom stereocenters. The quantitative estimate of drug-likeness (QED) is 0.522. The van der Waals surface area contributed by atoms with E-state index >= 15 is 0 Å². The van der Waals surface area contributed by atoms with Crippen LogP contribution in [0.2, 0.25) is 0 Å². The monoisotopic (exact) mass is 495 g/mol. The number of esters is 1. The first kappa shape index (κ1) is 23.0. The summed E-state index contributed by atoms with van der Waals surface area (Å²) in [5.41, 5.74) is 1.59. The Morgan fingerprint density at radius 2 is 1.57 bits per heavy atom. The summed E-state index contributed by atoms with van der Waals surface area (Å²) in [6, 6.07) is 23.7. The minimum atomic E-state index is -1.58. The molecule has 6 rings (SSSR count). The number of amides is 3. The van der Waals surface area contributed by atoms with Crippen molar-refractivity contribution in [2.45, 2.75) is 37.4 Å². The van der Waals surface area contributed by atoms with Crippen molar-refractivity contribution in [2.24, 2.45) is 0 Å². The van der Waals surface area contributed by atoms with Gasteiger partial charge in [-0.3, -0.25) is 19.3 Å². The summed E-state index contributed by atoms with van der Waals surface area (Å²) in [5.74, 6) is -1.81. The Balaban J connectivity index is 1.25. The Hall–Kier alpha value is -4.46. The van der Waals surface area contributed by atoms with Crippen LogP contribution in [0, 0.1) is 0 Å². The molecule has 37 heavy (non-hydrogen) atoms. The van der Waals surface area contributed by atoms with Crippen LogP contribution in [0.3, 0.4) is 0 Å². The lowest BCUT2D eigenvalue weighted by Crippen LogP contribution is -2.69. The molecule has 8 nitrogen and oxygen atoms in total.